The van der Waals surface area contributed by atoms with E-state index in [0.717, 1.165) is 22.7 Å². The van der Waals surface area contributed by atoms with Crippen molar-refractivity contribution in [2.45, 2.75) is 13.3 Å². The first-order valence-corrected chi connectivity index (χ1v) is 5.17. The molecule has 3 nitrogen and oxygen atoms in total. The summed E-state index contributed by atoms with van der Waals surface area (Å²) >= 11 is 6.02. The monoisotopic (exact) mass is 221 g/mol. The van der Waals surface area contributed by atoms with E-state index in [-0.39, 0.29) is 0 Å². The van der Waals surface area contributed by atoms with E-state index in [1.54, 1.807) is 6.07 Å². The lowest BCUT2D eigenvalue weighted by Crippen LogP contribution is -1.84. The molecule has 0 aliphatic heterocycles. The van der Waals surface area contributed by atoms with Crippen LogP contribution >= 0.6 is 11.6 Å². The van der Waals surface area contributed by atoms with Gasteiger partial charge in [-0.15, -0.1) is 0 Å². The number of halogens is 1. The Morgan fingerprint density at radius 2 is 2.13 bits per heavy atom. The number of nitrogens with zero attached hydrogens (tertiary/aromatic N) is 1. The summed E-state index contributed by atoms with van der Waals surface area (Å²) in [6, 6.07) is 7.74. The van der Waals surface area contributed by atoms with E-state index in [9.17, 15) is 0 Å². The fourth-order valence-electron chi connectivity index (χ4n) is 1.50. The average Bonchev–Trinajstić information content (AvgIpc) is 2.64. The summed E-state index contributed by atoms with van der Waals surface area (Å²) in [6.45, 7) is 2.09. The Morgan fingerprint density at radius 1 is 1.33 bits per heavy atom. The zero-order valence-electron chi connectivity index (χ0n) is 8.42. The Labute approximate surface area is 93.3 Å². The fraction of sp³-hybridized carbons (Fsp3) is 0.182. The number of aryl methyl sites for hydroxylation is 1. The molecule has 2 aromatic rings. The van der Waals surface area contributed by atoms with Gasteiger partial charge in [-0.1, -0.05) is 18.5 Å². The SMILES string of the molecule is CCc1cc(Cl)cc(-c2cc(N)n[nH]2)c1. The Kier molecular flexibility index (Phi) is 2.64. The van der Waals surface area contributed by atoms with Crippen LogP contribution < -0.4 is 5.73 Å². The maximum Gasteiger partial charge on any atom is 0.145 e. The molecule has 0 fully saturated rings. The number of hydrogen-bond acceptors (Lipinski definition) is 2. The number of nitrogens with one attached hydrogen (secondary N) is 1. The molecule has 15 heavy (non-hydrogen) atoms. The predicted octanol–water partition coefficient (Wildman–Crippen LogP) is 2.87. The molecular formula is C11H12ClN3. The molecule has 0 radical (unpaired) electrons. The van der Waals surface area contributed by atoms with Gasteiger partial charge in [0.1, 0.15) is 5.82 Å². The van der Waals surface area contributed by atoms with Crippen LogP contribution in [-0.2, 0) is 6.42 Å². The Balaban J connectivity index is 2.48. The molecule has 1 aromatic heterocycles. The summed E-state index contributed by atoms with van der Waals surface area (Å²) < 4.78 is 0. The summed E-state index contributed by atoms with van der Waals surface area (Å²) in [5.41, 5.74) is 8.66. The lowest BCUT2D eigenvalue weighted by molar-refractivity contribution is 1.10. The number of rotatable bonds is 2. The van der Waals surface area contributed by atoms with Gasteiger partial charge in [-0.2, -0.15) is 5.10 Å². The second-order valence-electron chi connectivity index (χ2n) is 3.41. The summed E-state index contributed by atoms with van der Waals surface area (Å²) in [6.07, 6.45) is 0.956. The van der Waals surface area contributed by atoms with Crippen LogP contribution in [0.3, 0.4) is 0 Å². The highest BCUT2D eigenvalue weighted by molar-refractivity contribution is 6.30. The van der Waals surface area contributed by atoms with Crippen molar-refractivity contribution in [2.24, 2.45) is 0 Å². The lowest BCUT2D eigenvalue weighted by Gasteiger charge is -2.02. The van der Waals surface area contributed by atoms with Crippen LogP contribution in [0.4, 0.5) is 5.82 Å². The van der Waals surface area contributed by atoms with Crippen LogP contribution in [0.25, 0.3) is 11.3 Å². The molecule has 0 amide bonds. The van der Waals surface area contributed by atoms with E-state index in [0.29, 0.717) is 5.82 Å². The number of aromatic nitrogens is 2. The van der Waals surface area contributed by atoms with Crippen LogP contribution in [0.5, 0.6) is 0 Å². The minimum absolute atomic E-state index is 0.489. The van der Waals surface area contributed by atoms with Gasteiger partial charge in [0.05, 0.1) is 5.69 Å². The summed E-state index contributed by atoms with van der Waals surface area (Å²) in [5.74, 6) is 0.489. The Morgan fingerprint density at radius 3 is 2.73 bits per heavy atom. The largest absolute Gasteiger partial charge is 0.382 e. The van der Waals surface area contributed by atoms with Gasteiger partial charge in [0.25, 0.3) is 0 Å². The van der Waals surface area contributed by atoms with Gasteiger partial charge in [0.2, 0.25) is 0 Å². The van der Waals surface area contributed by atoms with Crippen molar-refractivity contribution in [2.75, 3.05) is 5.73 Å². The van der Waals surface area contributed by atoms with E-state index in [4.69, 9.17) is 17.3 Å². The van der Waals surface area contributed by atoms with Gasteiger partial charge in [-0.25, -0.2) is 0 Å². The smallest absolute Gasteiger partial charge is 0.145 e. The number of anilines is 1. The quantitative estimate of drug-likeness (QED) is 0.820. The van der Waals surface area contributed by atoms with Crippen molar-refractivity contribution in [1.82, 2.24) is 10.2 Å². The number of benzene rings is 1. The average molecular weight is 222 g/mol. The van der Waals surface area contributed by atoms with E-state index >= 15 is 0 Å². The first-order chi connectivity index (χ1) is 7.19. The topological polar surface area (TPSA) is 54.7 Å². The van der Waals surface area contributed by atoms with Crippen LogP contribution in [0.2, 0.25) is 5.02 Å². The number of nitrogen functional groups attached to an aromatic ring is 1. The minimum Gasteiger partial charge on any atom is -0.382 e. The van der Waals surface area contributed by atoms with Gasteiger partial charge in [-0.05, 0) is 30.2 Å². The minimum atomic E-state index is 0.489. The van der Waals surface area contributed by atoms with Gasteiger partial charge >= 0.3 is 0 Å². The van der Waals surface area contributed by atoms with E-state index in [1.165, 1.54) is 5.56 Å². The maximum absolute atomic E-state index is 6.02. The molecular weight excluding hydrogens is 210 g/mol. The van der Waals surface area contributed by atoms with Crippen molar-refractivity contribution in [3.63, 3.8) is 0 Å². The van der Waals surface area contributed by atoms with E-state index in [2.05, 4.69) is 23.2 Å². The molecule has 0 aliphatic rings. The molecule has 3 N–H and O–H groups in total. The fourth-order valence-corrected chi connectivity index (χ4v) is 1.75. The van der Waals surface area contributed by atoms with Crippen LogP contribution in [-0.4, -0.2) is 10.2 Å². The van der Waals surface area contributed by atoms with Crippen molar-refractivity contribution < 1.29 is 0 Å². The van der Waals surface area contributed by atoms with Crippen molar-refractivity contribution in [1.29, 1.82) is 0 Å². The van der Waals surface area contributed by atoms with Crippen molar-refractivity contribution >= 4 is 17.4 Å². The standard InChI is InChI=1S/C11H12ClN3/c1-2-7-3-8(5-9(12)4-7)10-6-11(13)15-14-10/h3-6H,2H2,1H3,(H3,13,14,15). The van der Waals surface area contributed by atoms with Crippen molar-refractivity contribution in [3.05, 3.63) is 34.9 Å². The third-order valence-corrected chi connectivity index (χ3v) is 2.49. The number of H-pyrrole nitrogens is 1. The van der Waals surface area contributed by atoms with E-state index < -0.39 is 0 Å². The molecule has 4 heteroatoms. The zero-order valence-corrected chi connectivity index (χ0v) is 9.17. The highest BCUT2D eigenvalue weighted by Gasteiger charge is 2.04. The lowest BCUT2D eigenvalue weighted by atomic mass is 10.1. The normalized spacial score (nSPS) is 10.5. The first-order valence-electron chi connectivity index (χ1n) is 4.79. The maximum atomic E-state index is 6.02. The van der Waals surface area contributed by atoms with Gasteiger partial charge in [-0.3, -0.25) is 5.10 Å². The van der Waals surface area contributed by atoms with Gasteiger partial charge in [0.15, 0.2) is 0 Å². The second-order valence-corrected chi connectivity index (χ2v) is 3.84. The van der Waals surface area contributed by atoms with Crippen LogP contribution in [0.15, 0.2) is 24.3 Å². The molecule has 1 aromatic carbocycles. The third kappa shape index (κ3) is 2.13. The molecule has 0 spiro atoms. The number of nitrogens with two attached hydrogens (primary N) is 1. The molecule has 0 saturated heterocycles. The highest BCUT2D eigenvalue weighted by Crippen LogP contribution is 2.24. The van der Waals surface area contributed by atoms with Crippen LogP contribution in [0, 0.1) is 0 Å². The zero-order chi connectivity index (χ0) is 10.8. The van der Waals surface area contributed by atoms with E-state index in [1.807, 2.05) is 12.1 Å². The molecule has 0 atom stereocenters. The Bertz CT molecular complexity index is 476. The van der Waals surface area contributed by atoms with Crippen LogP contribution in [0.1, 0.15) is 12.5 Å². The summed E-state index contributed by atoms with van der Waals surface area (Å²) in [5, 5.41) is 7.49. The summed E-state index contributed by atoms with van der Waals surface area (Å²) in [4.78, 5) is 0. The van der Waals surface area contributed by atoms with Gasteiger partial charge in [0, 0.05) is 16.7 Å². The number of aromatic amines is 1. The first kappa shape index (κ1) is 10.1. The molecule has 0 bridgehead atoms. The molecule has 0 saturated carbocycles. The molecule has 0 unspecified atom stereocenters. The number of hydrogen-bond donors (Lipinski definition) is 2. The molecule has 0 aliphatic carbocycles. The second kappa shape index (κ2) is 3.95. The predicted molar refractivity (Wildman–Crippen MR) is 62.8 cm³/mol. The highest BCUT2D eigenvalue weighted by atomic mass is 35.5. The molecule has 1 heterocycles. The molecule has 2 rings (SSSR count). The van der Waals surface area contributed by atoms with Crippen molar-refractivity contribution in [3.8, 4) is 11.3 Å². The Hall–Kier alpha value is -1.48. The van der Waals surface area contributed by atoms with Gasteiger partial charge < -0.3 is 5.73 Å². The third-order valence-electron chi connectivity index (χ3n) is 2.27. The molecule has 78 valence electrons. The summed E-state index contributed by atoms with van der Waals surface area (Å²) in [7, 11) is 0.